The van der Waals surface area contributed by atoms with Crippen LogP contribution in [0.5, 0.6) is 0 Å². The van der Waals surface area contributed by atoms with Crippen molar-refractivity contribution in [3.8, 4) is 0 Å². The number of rotatable bonds is 5. The summed E-state index contributed by atoms with van der Waals surface area (Å²) in [6.07, 6.45) is 5.35. The van der Waals surface area contributed by atoms with Crippen molar-refractivity contribution < 1.29 is 0 Å². The predicted octanol–water partition coefficient (Wildman–Crippen LogP) is 2.89. The highest BCUT2D eigenvalue weighted by Gasteiger charge is 2.30. The van der Waals surface area contributed by atoms with E-state index in [4.69, 9.17) is 0 Å². The molecule has 1 N–H and O–H groups in total. The fourth-order valence-electron chi connectivity index (χ4n) is 2.64. The van der Waals surface area contributed by atoms with Gasteiger partial charge in [0.1, 0.15) is 0 Å². The van der Waals surface area contributed by atoms with Crippen LogP contribution >= 0.6 is 0 Å². The van der Waals surface area contributed by atoms with Crippen LogP contribution in [-0.4, -0.2) is 37.1 Å². The van der Waals surface area contributed by atoms with Crippen LogP contribution in [0.25, 0.3) is 0 Å². The van der Waals surface area contributed by atoms with Gasteiger partial charge in [-0.1, -0.05) is 20.3 Å². The lowest BCUT2D eigenvalue weighted by Gasteiger charge is -2.42. The number of hydrogen-bond donors (Lipinski definition) is 1. The smallest absolute Gasteiger partial charge is 0.00816 e. The minimum atomic E-state index is 0.616. The van der Waals surface area contributed by atoms with E-state index in [0.29, 0.717) is 11.5 Å². The third-order valence-electron chi connectivity index (χ3n) is 4.67. The van der Waals surface area contributed by atoms with Gasteiger partial charge in [-0.2, -0.15) is 0 Å². The molecule has 0 aromatic rings. The second-order valence-electron chi connectivity index (χ2n) is 5.97. The average Bonchev–Trinajstić information content (AvgIpc) is 2.29. The summed E-state index contributed by atoms with van der Waals surface area (Å²) in [5, 5.41) is 3.34. The first kappa shape index (κ1) is 14.0. The molecule has 0 radical (unpaired) electrons. The van der Waals surface area contributed by atoms with Crippen molar-refractivity contribution in [1.29, 1.82) is 0 Å². The van der Waals surface area contributed by atoms with Crippen molar-refractivity contribution in [2.45, 2.75) is 65.5 Å². The zero-order valence-corrected chi connectivity index (χ0v) is 11.8. The molecular formula is C14H30N2. The third kappa shape index (κ3) is 3.74. The normalized spacial score (nSPS) is 25.3. The fraction of sp³-hybridized carbons (Fsp3) is 1.00. The summed E-state index contributed by atoms with van der Waals surface area (Å²) in [6, 6.07) is 1.36. The maximum Gasteiger partial charge on any atom is 0.00816 e. The Morgan fingerprint density at radius 2 is 1.81 bits per heavy atom. The molecule has 0 saturated carbocycles. The monoisotopic (exact) mass is 226 g/mol. The van der Waals surface area contributed by atoms with Crippen molar-refractivity contribution >= 4 is 0 Å². The maximum absolute atomic E-state index is 3.34. The Morgan fingerprint density at radius 1 is 1.25 bits per heavy atom. The molecule has 1 heterocycles. The van der Waals surface area contributed by atoms with Crippen molar-refractivity contribution in [2.24, 2.45) is 5.41 Å². The van der Waals surface area contributed by atoms with Gasteiger partial charge in [-0.25, -0.2) is 0 Å². The topological polar surface area (TPSA) is 15.3 Å². The van der Waals surface area contributed by atoms with E-state index in [2.05, 4.69) is 45.0 Å². The highest BCUT2D eigenvalue weighted by atomic mass is 15.2. The standard InChI is InChI=1S/C14H30N2/c1-6-14(4)7-9-16(10-8-14)13(3)11-12(2)15-5/h12-13,15H,6-11H2,1-5H3. The Kier molecular flexibility index (Phi) is 5.26. The van der Waals surface area contributed by atoms with Crippen LogP contribution < -0.4 is 5.32 Å². The Balaban J connectivity index is 2.35. The van der Waals surface area contributed by atoms with Gasteiger partial charge in [-0.3, -0.25) is 0 Å². The van der Waals surface area contributed by atoms with E-state index < -0.39 is 0 Å². The molecule has 0 aromatic carbocycles. The van der Waals surface area contributed by atoms with Gasteiger partial charge in [0.2, 0.25) is 0 Å². The van der Waals surface area contributed by atoms with Crippen LogP contribution in [0.15, 0.2) is 0 Å². The summed E-state index contributed by atoms with van der Waals surface area (Å²) in [5.41, 5.74) is 0.616. The quantitative estimate of drug-likeness (QED) is 0.775. The number of piperidine rings is 1. The molecule has 0 bridgehead atoms. The molecule has 1 saturated heterocycles. The molecular weight excluding hydrogens is 196 g/mol. The van der Waals surface area contributed by atoms with E-state index >= 15 is 0 Å². The molecule has 1 rings (SSSR count). The molecule has 0 spiro atoms. The van der Waals surface area contributed by atoms with Crippen molar-refractivity contribution in [1.82, 2.24) is 10.2 Å². The largest absolute Gasteiger partial charge is 0.317 e. The highest BCUT2D eigenvalue weighted by Crippen LogP contribution is 2.34. The van der Waals surface area contributed by atoms with Crippen LogP contribution in [0, 0.1) is 5.41 Å². The van der Waals surface area contributed by atoms with Crippen LogP contribution in [0.4, 0.5) is 0 Å². The van der Waals surface area contributed by atoms with Gasteiger partial charge in [-0.15, -0.1) is 0 Å². The summed E-state index contributed by atoms with van der Waals surface area (Å²) in [7, 11) is 2.06. The molecule has 0 aromatic heterocycles. The van der Waals surface area contributed by atoms with E-state index in [1.54, 1.807) is 0 Å². The van der Waals surface area contributed by atoms with Crippen molar-refractivity contribution in [2.75, 3.05) is 20.1 Å². The predicted molar refractivity (Wildman–Crippen MR) is 71.8 cm³/mol. The first-order valence-electron chi connectivity index (χ1n) is 6.92. The van der Waals surface area contributed by atoms with Crippen LogP contribution in [0.3, 0.4) is 0 Å². The van der Waals surface area contributed by atoms with Gasteiger partial charge in [0, 0.05) is 12.1 Å². The molecule has 16 heavy (non-hydrogen) atoms. The van der Waals surface area contributed by atoms with Gasteiger partial charge in [0.25, 0.3) is 0 Å². The summed E-state index contributed by atoms with van der Waals surface area (Å²) in [4.78, 5) is 2.67. The molecule has 0 aliphatic carbocycles. The van der Waals surface area contributed by atoms with Crippen LogP contribution in [0.2, 0.25) is 0 Å². The van der Waals surface area contributed by atoms with E-state index in [0.717, 1.165) is 6.04 Å². The van der Waals surface area contributed by atoms with E-state index in [9.17, 15) is 0 Å². The lowest BCUT2D eigenvalue weighted by molar-refractivity contribution is 0.0804. The molecule has 96 valence electrons. The summed E-state index contributed by atoms with van der Waals surface area (Å²) < 4.78 is 0. The zero-order chi connectivity index (χ0) is 12.2. The molecule has 1 fully saturated rings. The van der Waals surface area contributed by atoms with E-state index in [-0.39, 0.29) is 0 Å². The minimum Gasteiger partial charge on any atom is -0.317 e. The molecule has 2 nitrogen and oxygen atoms in total. The second kappa shape index (κ2) is 6.02. The Hall–Kier alpha value is -0.0800. The minimum absolute atomic E-state index is 0.616. The molecule has 1 aliphatic heterocycles. The Bertz CT molecular complexity index is 195. The van der Waals surface area contributed by atoms with Crippen LogP contribution in [-0.2, 0) is 0 Å². The summed E-state index contributed by atoms with van der Waals surface area (Å²) in [5.74, 6) is 0. The van der Waals surface area contributed by atoms with Crippen LogP contribution in [0.1, 0.15) is 53.4 Å². The molecule has 1 aliphatic rings. The van der Waals surface area contributed by atoms with Gasteiger partial charge < -0.3 is 10.2 Å². The zero-order valence-electron chi connectivity index (χ0n) is 11.8. The molecule has 2 unspecified atom stereocenters. The Labute approximate surface area is 102 Å². The van der Waals surface area contributed by atoms with E-state index in [1.807, 2.05) is 0 Å². The second-order valence-corrected chi connectivity index (χ2v) is 5.97. The maximum atomic E-state index is 3.34. The van der Waals surface area contributed by atoms with Gasteiger partial charge in [0.05, 0.1) is 0 Å². The first-order chi connectivity index (χ1) is 7.50. The lowest BCUT2D eigenvalue weighted by atomic mass is 9.78. The third-order valence-corrected chi connectivity index (χ3v) is 4.67. The molecule has 2 atom stereocenters. The van der Waals surface area contributed by atoms with Gasteiger partial charge in [0.15, 0.2) is 0 Å². The lowest BCUT2D eigenvalue weighted by Crippen LogP contribution is -2.45. The fourth-order valence-corrected chi connectivity index (χ4v) is 2.64. The number of likely N-dealkylation sites (tertiary alicyclic amines) is 1. The number of nitrogens with zero attached hydrogens (tertiary/aromatic N) is 1. The number of hydrogen-bond acceptors (Lipinski definition) is 2. The number of nitrogens with one attached hydrogen (secondary N) is 1. The first-order valence-corrected chi connectivity index (χ1v) is 6.92. The highest BCUT2D eigenvalue weighted by molar-refractivity contribution is 4.84. The van der Waals surface area contributed by atoms with Crippen molar-refractivity contribution in [3.63, 3.8) is 0 Å². The SMILES string of the molecule is CCC1(C)CCN(C(C)CC(C)NC)CC1. The average molecular weight is 226 g/mol. The summed E-state index contributed by atoms with van der Waals surface area (Å²) >= 11 is 0. The molecule has 0 amide bonds. The van der Waals surface area contributed by atoms with Gasteiger partial charge in [-0.05, 0) is 58.7 Å². The van der Waals surface area contributed by atoms with Gasteiger partial charge >= 0.3 is 0 Å². The molecule has 2 heteroatoms. The van der Waals surface area contributed by atoms with Crippen molar-refractivity contribution in [3.05, 3.63) is 0 Å². The summed E-state index contributed by atoms with van der Waals surface area (Å²) in [6.45, 7) is 12.0. The Morgan fingerprint density at radius 3 is 2.25 bits per heavy atom. The van der Waals surface area contributed by atoms with E-state index in [1.165, 1.54) is 38.8 Å².